The van der Waals surface area contributed by atoms with Crippen LogP contribution in [0.4, 0.5) is 0 Å². The number of para-hydroxylation sites is 1. The van der Waals surface area contributed by atoms with Crippen LogP contribution in [0.5, 0.6) is 5.75 Å². The lowest BCUT2D eigenvalue weighted by atomic mass is 10.3. The fourth-order valence-electron chi connectivity index (χ4n) is 1.58. The Bertz CT molecular complexity index is 454. The van der Waals surface area contributed by atoms with Crippen molar-refractivity contribution >= 4 is 0 Å². The van der Waals surface area contributed by atoms with Gasteiger partial charge in [-0.2, -0.15) is 0 Å². The fourth-order valence-corrected chi connectivity index (χ4v) is 1.58. The zero-order valence-corrected chi connectivity index (χ0v) is 11.8. The Morgan fingerprint density at radius 2 is 1.95 bits per heavy atom. The number of aromatic nitrogens is 2. The van der Waals surface area contributed by atoms with Gasteiger partial charge in [-0.25, -0.2) is 4.98 Å². The molecule has 0 aliphatic carbocycles. The van der Waals surface area contributed by atoms with Gasteiger partial charge in [-0.05, 0) is 19.1 Å². The highest BCUT2D eigenvalue weighted by molar-refractivity contribution is 5.20. The summed E-state index contributed by atoms with van der Waals surface area (Å²) in [4.78, 5) is 4.10. The third-order valence-electron chi connectivity index (χ3n) is 2.37. The average Bonchev–Trinajstić information content (AvgIpc) is 2.85. The number of aryl methyl sites for hydroxylation is 1. The Kier molecular flexibility index (Phi) is 6.68. The molecular formula is C15H22N2O2. The van der Waals surface area contributed by atoms with Gasteiger partial charge >= 0.3 is 0 Å². The van der Waals surface area contributed by atoms with E-state index in [1.54, 1.807) is 6.33 Å². The van der Waals surface area contributed by atoms with Gasteiger partial charge in [0.2, 0.25) is 0 Å². The molecule has 0 saturated heterocycles. The van der Waals surface area contributed by atoms with Gasteiger partial charge in [-0.1, -0.05) is 32.0 Å². The molecule has 0 saturated carbocycles. The van der Waals surface area contributed by atoms with Crippen LogP contribution in [0.3, 0.4) is 0 Å². The van der Waals surface area contributed by atoms with E-state index in [1.807, 2.05) is 61.9 Å². The van der Waals surface area contributed by atoms with Crippen molar-refractivity contribution in [2.45, 2.75) is 33.4 Å². The Morgan fingerprint density at radius 1 is 1.26 bits per heavy atom. The fraction of sp³-hybridized carbons (Fsp3) is 0.400. The van der Waals surface area contributed by atoms with E-state index >= 15 is 0 Å². The van der Waals surface area contributed by atoms with Gasteiger partial charge in [-0.15, -0.1) is 0 Å². The molecule has 1 heterocycles. The van der Waals surface area contributed by atoms with Crippen molar-refractivity contribution in [3.63, 3.8) is 0 Å². The number of rotatable bonds is 5. The summed E-state index contributed by atoms with van der Waals surface area (Å²) >= 11 is 0. The second kappa shape index (κ2) is 8.32. The zero-order valence-electron chi connectivity index (χ0n) is 11.8. The largest absolute Gasteiger partial charge is 0.491 e. The topological polar surface area (TPSA) is 47.3 Å². The predicted molar refractivity (Wildman–Crippen MR) is 76.3 cm³/mol. The summed E-state index contributed by atoms with van der Waals surface area (Å²) in [6.45, 7) is 6.69. The molecule has 0 bridgehead atoms. The van der Waals surface area contributed by atoms with Crippen LogP contribution in [-0.4, -0.2) is 27.4 Å². The molecule has 0 spiro atoms. The van der Waals surface area contributed by atoms with Crippen LogP contribution in [-0.2, 0) is 6.54 Å². The molecule has 2 aromatic rings. The van der Waals surface area contributed by atoms with Gasteiger partial charge in [0.1, 0.15) is 18.5 Å². The molecule has 4 heteroatoms. The first-order valence-electron chi connectivity index (χ1n) is 6.58. The Labute approximate surface area is 114 Å². The summed E-state index contributed by atoms with van der Waals surface area (Å²) < 4.78 is 7.32. The first-order valence-corrected chi connectivity index (χ1v) is 6.58. The van der Waals surface area contributed by atoms with Crippen molar-refractivity contribution in [3.05, 3.63) is 48.5 Å². The summed E-state index contributed by atoms with van der Waals surface area (Å²) in [5.41, 5.74) is 0.946. The van der Waals surface area contributed by atoms with Crippen molar-refractivity contribution in [3.8, 4) is 5.75 Å². The van der Waals surface area contributed by atoms with E-state index in [2.05, 4.69) is 4.98 Å². The maximum Gasteiger partial charge on any atom is 0.119 e. The first kappa shape index (κ1) is 15.2. The van der Waals surface area contributed by atoms with E-state index in [-0.39, 0.29) is 6.61 Å². The smallest absolute Gasteiger partial charge is 0.119 e. The van der Waals surface area contributed by atoms with E-state index in [0.29, 0.717) is 6.54 Å². The summed E-state index contributed by atoms with van der Waals surface area (Å²) in [7, 11) is 0. The second-order valence-corrected chi connectivity index (χ2v) is 3.99. The molecule has 0 fully saturated rings. The van der Waals surface area contributed by atoms with Gasteiger partial charge in [-0.3, -0.25) is 0 Å². The number of aliphatic hydroxyl groups is 1. The number of ether oxygens (including phenoxy) is 1. The van der Waals surface area contributed by atoms with Crippen LogP contribution in [0.1, 0.15) is 19.5 Å². The van der Waals surface area contributed by atoms with Crippen molar-refractivity contribution < 1.29 is 9.84 Å². The molecule has 1 aromatic heterocycles. The predicted octanol–water partition coefficient (Wildman–Crippen LogP) is 2.66. The normalized spacial score (nSPS) is 11.4. The van der Waals surface area contributed by atoms with Gasteiger partial charge in [0.25, 0.3) is 0 Å². The van der Waals surface area contributed by atoms with Crippen molar-refractivity contribution in [2.24, 2.45) is 0 Å². The van der Waals surface area contributed by atoms with E-state index in [4.69, 9.17) is 4.74 Å². The Morgan fingerprint density at radius 3 is 2.53 bits per heavy atom. The van der Waals surface area contributed by atoms with Crippen LogP contribution >= 0.6 is 0 Å². The van der Waals surface area contributed by atoms with E-state index < -0.39 is 6.10 Å². The van der Waals surface area contributed by atoms with Crippen LogP contribution in [0.15, 0.2) is 42.9 Å². The minimum absolute atomic E-state index is 0.279. The highest BCUT2D eigenvalue weighted by Gasteiger charge is 2.06. The molecule has 1 atom stereocenters. The number of hydrogen-bond donors (Lipinski definition) is 1. The number of imidazole rings is 1. The Hall–Kier alpha value is -1.81. The standard InChI is InChI=1S/C13H16N2O2.C2H6/c1-11-7-15(10-14-11)8-12(16)9-17-13-5-3-2-4-6-13;1-2/h2-7,10,12,16H,8-9H2,1H3;1-2H3. The van der Waals surface area contributed by atoms with E-state index in [1.165, 1.54) is 0 Å². The molecule has 2 rings (SSSR count). The number of benzene rings is 1. The Balaban J connectivity index is 0.000000861. The average molecular weight is 262 g/mol. The molecule has 0 aliphatic heterocycles. The molecule has 1 N–H and O–H groups in total. The van der Waals surface area contributed by atoms with Crippen LogP contribution in [0.2, 0.25) is 0 Å². The number of hydrogen-bond acceptors (Lipinski definition) is 3. The lowest BCUT2D eigenvalue weighted by Crippen LogP contribution is -2.22. The molecular weight excluding hydrogens is 240 g/mol. The summed E-state index contributed by atoms with van der Waals surface area (Å²) in [6, 6.07) is 9.47. The summed E-state index contributed by atoms with van der Waals surface area (Å²) in [5.74, 6) is 0.772. The highest BCUT2D eigenvalue weighted by atomic mass is 16.5. The number of aliphatic hydroxyl groups excluding tert-OH is 1. The quantitative estimate of drug-likeness (QED) is 0.901. The minimum Gasteiger partial charge on any atom is -0.491 e. The minimum atomic E-state index is -0.538. The third kappa shape index (κ3) is 5.57. The molecule has 0 radical (unpaired) electrons. The SMILES string of the molecule is CC.Cc1cn(CC(O)COc2ccccc2)cn1. The lowest BCUT2D eigenvalue weighted by molar-refractivity contribution is 0.0924. The van der Waals surface area contributed by atoms with Crippen LogP contribution < -0.4 is 4.74 Å². The maximum atomic E-state index is 9.80. The van der Waals surface area contributed by atoms with Crippen LogP contribution in [0, 0.1) is 6.92 Å². The maximum absolute atomic E-state index is 9.80. The van der Waals surface area contributed by atoms with Gasteiger partial charge in [0.15, 0.2) is 0 Å². The third-order valence-corrected chi connectivity index (χ3v) is 2.37. The second-order valence-electron chi connectivity index (χ2n) is 3.99. The number of nitrogens with zero attached hydrogens (tertiary/aromatic N) is 2. The molecule has 0 aliphatic rings. The molecule has 1 unspecified atom stereocenters. The zero-order chi connectivity index (χ0) is 14.1. The van der Waals surface area contributed by atoms with Crippen LogP contribution in [0.25, 0.3) is 0 Å². The van der Waals surface area contributed by atoms with Gasteiger partial charge in [0.05, 0.1) is 18.6 Å². The van der Waals surface area contributed by atoms with Crippen molar-refractivity contribution in [1.29, 1.82) is 0 Å². The van der Waals surface area contributed by atoms with E-state index in [0.717, 1.165) is 11.4 Å². The molecule has 1 aromatic carbocycles. The van der Waals surface area contributed by atoms with Gasteiger partial charge < -0.3 is 14.4 Å². The van der Waals surface area contributed by atoms with E-state index in [9.17, 15) is 5.11 Å². The highest BCUT2D eigenvalue weighted by Crippen LogP contribution is 2.08. The summed E-state index contributed by atoms with van der Waals surface area (Å²) in [6.07, 6.45) is 3.07. The molecule has 104 valence electrons. The van der Waals surface area contributed by atoms with Gasteiger partial charge in [0, 0.05) is 6.20 Å². The van der Waals surface area contributed by atoms with Crippen molar-refractivity contribution in [2.75, 3.05) is 6.61 Å². The molecule has 0 amide bonds. The molecule has 19 heavy (non-hydrogen) atoms. The summed E-state index contributed by atoms with van der Waals surface area (Å²) in [5, 5.41) is 9.80. The monoisotopic (exact) mass is 262 g/mol. The molecule has 4 nitrogen and oxygen atoms in total. The first-order chi connectivity index (χ1) is 9.24. The van der Waals surface area contributed by atoms with Crippen molar-refractivity contribution in [1.82, 2.24) is 9.55 Å². The lowest BCUT2D eigenvalue weighted by Gasteiger charge is -2.12.